The highest BCUT2D eigenvalue weighted by Crippen LogP contribution is 2.31. The van der Waals surface area contributed by atoms with E-state index in [4.69, 9.17) is 0 Å². The molecule has 0 bridgehead atoms. The maximum absolute atomic E-state index is 13.1. The van der Waals surface area contributed by atoms with Gasteiger partial charge in [0.25, 0.3) is 5.91 Å². The summed E-state index contributed by atoms with van der Waals surface area (Å²) in [6.07, 6.45) is 2.85. The molecule has 2 atom stereocenters. The minimum absolute atomic E-state index is 0.0897. The van der Waals surface area contributed by atoms with Crippen molar-refractivity contribution in [1.82, 2.24) is 15.5 Å². The van der Waals surface area contributed by atoms with Crippen LogP contribution in [0.3, 0.4) is 0 Å². The quantitative estimate of drug-likeness (QED) is 0.724. The number of aryl methyl sites for hydroxylation is 1. The smallest absolute Gasteiger partial charge is 0.325 e. The van der Waals surface area contributed by atoms with Gasteiger partial charge < -0.3 is 10.6 Å². The number of nitrogens with zero attached hydrogens (tertiary/aromatic N) is 1. The first-order valence-corrected chi connectivity index (χ1v) is 10.9. The van der Waals surface area contributed by atoms with E-state index in [1.807, 2.05) is 42.5 Å². The van der Waals surface area contributed by atoms with E-state index in [1.54, 1.807) is 6.92 Å². The monoisotopic (exact) mass is 419 g/mol. The first-order chi connectivity index (χ1) is 14.8. The summed E-state index contributed by atoms with van der Waals surface area (Å²) in [7, 11) is 0. The zero-order valence-electron chi connectivity index (χ0n) is 18.3. The zero-order valence-corrected chi connectivity index (χ0v) is 18.3. The third-order valence-corrected chi connectivity index (χ3v) is 6.44. The molecule has 162 valence electrons. The molecular formula is C25H29N3O3. The molecule has 1 saturated heterocycles. The molecule has 4 amide bonds. The van der Waals surface area contributed by atoms with Crippen LogP contribution in [0.2, 0.25) is 0 Å². The SMILES string of the molecule is CC(C)c1ccc([C@]2(C)NC(=O)N(CC(=O)N[C@@H]3CCCc4ccccc43)C2=O)cc1. The van der Waals surface area contributed by atoms with Gasteiger partial charge in [-0.15, -0.1) is 0 Å². The Morgan fingerprint density at radius 2 is 1.87 bits per heavy atom. The molecule has 6 heteroatoms. The Labute approximate surface area is 183 Å². The molecule has 6 nitrogen and oxygen atoms in total. The largest absolute Gasteiger partial charge is 0.348 e. The second-order valence-corrected chi connectivity index (χ2v) is 8.93. The Balaban J connectivity index is 1.46. The zero-order chi connectivity index (χ0) is 22.2. The minimum Gasteiger partial charge on any atom is -0.348 e. The van der Waals surface area contributed by atoms with Crippen molar-refractivity contribution >= 4 is 17.8 Å². The maximum Gasteiger partial charge on any atom is 0.325 e. The fourth-order valence-corrected chi connectivity index (χ4v) is 4.53. The summed E-state index contributed by atoms with van der Waals surface area (Å²) < 4.78 is 0. The summed E-state index contributed by atoms with van der Waals surface area (Å²) in [5.41, 5.74) is 3.05. The molecule has 0 unspecified atom stereocenters. The second-order valence-electron chi connectivity index (χ2n) is 8.93. The number of imide groups is 1. The van der Waals surface area contributed by atoms with E-state index < -0.39 is 17.5 Å². The molecular weight excluding hydrogens is 390 g/mol. The maximum atomic E-state index is 13.1. The Bertz CT molecular complexity index is 1010. The number of carbonyl (C=O) groups is 3. The van der Waals surface area contributed by atoms with Gasteiger partial charge in [-0.3, -0.25) is 14.5 Å². The topological polar surface area (TPSA) is 78.5 Å². The summed E-state index contributed by atoms with van der Waals surface area (Å²) >= 11 is 0. The molecule has 31 heavy (non-hydrogen) atoms. The lowest BCUT2D eigenvalue weighted by molar-refractivity contribution is -0.135. The lowest BCUT2D eigenvalue weighted by Crippen LogP contribution is -2.44. The average molecular weight is 420 g/mol. The predicted molar refractivity (Wildman–Crippen MR) is 118 cm³/mol. The van der Waals surface area contributed by atoms with E-state index in [1.165, 1.54) is 5.56 Å². The van der Waals surface area contributed by atoms with Crippen molar-refractivity contribution in [2.75, 3.05) is 6.54 Å². The summed E-state index contributed by atoms with van der Waals surface area (Å²) in [5, 5.41) is 5.79. The number of hydrogen-bond acceptors (Lipinski definition) is 3. The highest BCUT2D eigenvalue weighted by Gasteiger charge is 2.49. The van der Waals surface area contributed by atoms with Crippen LogP contribution in [-0.4, -0.2) is 29.3 Å². The van der Waals surface area contributed by atoms with Gasteiger partial charge >= 0.3 is 6.03 Å². The number of nitrogens with one attached hydrogen (secondary N) is 2. The van der Waals surface area contributed by atoms with Crippen LogP contribution in [0.5, 0.6) is 0 Å². The summed E-state index contributed by atoms with van der Waals surface area (Å²) in [5.74, 6) is -0.362. The first-order valence-electron chi connectivity index (χ1n) is 10.9. The molecule has 0 aromatic heterocycles. The van der Waals surface area contributed by atoms with Crippen LogP contribution in [-0.2, 0) is 21.5 Å². The van der Waals surface area contributed by atoms with Gasteiger partial charge in [-0.25, -0.2) is 4.79 Å². The van der Waals surface area contributed by atoms with Crippen LogP contribution in [0.4, 0.5) is 4.79 Å². The van der Waals surface area contributed by atoms with Crippen molar-refractivity contribution in [3.8, 4) is 0 Å². The predicted octanol–water partition coefficient (Wildman–Crippen LogP) is 3.77. The molecule has 1 aliphatic heterocycles. The van der Waals surface area contributed by atoms with Crippen LogP contribution < -0.4 is 10.6 Å². The van der Waals surface area contributed by atoms with Gasteiger partial charge in [-0.1, -0.05) is 62.4 Å². The van der Waals surface area contributed by atoms with Crippen LogP contribution in [0.25, 0.3) is 0 Å². The van der Waals surface area contributed by atoms with Crippen molar-refractivity contribution in [2.45, 2.75) is 57.5 Å². The van der Waals surface area contributed by atoms with Crippen molar-refractivity contribution < 1.29 is 14.4 Å². The highest BCUT2D eigenvalue weighted by atomic mass is 16.2. The van der Waals surface area contributed by atoms with E-state index in [-0.39, 0.29) is 18.5 Å². The molecule has 0 radical (unpaired) electrons. The van der Waals surface area contributed by atoms with Crippen LogP contribution in [0.1, 0.15) is 67.8 Å². The van der Waals surface area contributed by atoms with E-state index >= 15 is 0 Å². The van der Waals surface area contributed by atoms with Crippen LogP contribution >= 0.6 is 0 Å². The van der Waals surface area contributed by atoms with Crippen molar-refractivity contribution in [3.63, 3.8) is 0 Å². The number of urea groups is 1. The summed E-state index contributed by atoms with van der Waals surface area (Å²) in [4.78, 5) is 39.5. The molecule has 2 N–H and O–H groups in total. The normalized spacial score (nSPS) is 23.0. The van der Waals surface area contributed by atoms with Gasteiger partial charge in [0, 0.05) is 0 Å². The van der Waals surface area contributed by atoms with Gasteiger partial charge in [-0.2, -0.15) is 0 Å². The Kier molecular flexibility index (Phi) is 5.56. The molecule has 2 aromatic carbocycles. The van der Waals surface area contributed by atoms with Gasteiger partial charge in [0.15, 0.2) is 0 Å². The third-order valence-electron chi connectivity index (χ3n) is 6.44. The number of hydrogen-bond donors (Lipinski definition) is 2. The van der Waals surface area contributed by atoms with Crippen molar-refractivity contribution in [1.29, 1.82) is 0 Å². The lowest BCUT2D eigenvalue weighted by Gasteiger charge is -2.27. The van der Waals surface area contributed by atoms with Crippen LogP contribution in [0, 0.1) is 0 Å². The fourth-order valence-electron chi connectivity index (χ4n) is 4.53. The number of fused-ring (bicyclic) bond motifs is 1. The number of carbonyl (C=O) groups excluding carboxylic acids is 3. The van der Waals surface area contributed by atoms with Crippen LogP contribution in [0.15, 0.2) is 48.5 Å². The Morgan fingerprint density at radius 3 is 2.58 bits per heavy atom. The molecule has 2 aromatic rings. The Morgan fingerprint density at radius 1 is 1.16 bits per heavy atom. The molecule has 0 saturated carbocycles. The lowest BCUT2D eigenvalue weighted by atomic mass is 9.88. The van der Waals surface area contributed by atoms with Gasteiger partial charge in [0.05, 0.1) is 6.04 Å². The average Bonchev–Trinajstić information content (AvgIpc) is 2.98. The van der Waals surface area contributed by atoms with Gasteiger partial charge in [-0.05, 0) is 54.4 Å². The van der Waals surface area contributed by atoms with Crippen molar-refractivity contribution in [2.24, 2.45) is 0 Å². The van der Waals surface area contributed by atoms with E-state index in [0.29, 0.717) is 11.5 Å². The Hall–Kier alpha value is -3.15. The number of amides is 4. The third kappa shape index (κ3) is 3.94. The summed E-state index contributed by atoms with van der Waals surface area (Å²) in [6.45, 7) is 5.60. The highest BCUT2D eigenvalue weighted by molar-refractivity contribution is 6.09. The second kappa shape index (κ2) is 8.17. The van der Waals surface area contributed by atoms with Gasteiger partial charge in [0.2, 0.25) is 5.91 Å². The molecule has 1 heterocycles. The minimum atomic E-state index is -1.18. The molecule has 1 fully saturated rings. The molecule has 0 spiro atoms. The molecule has 2 aliphatic rings. The van der Waals surface area contributed by atoms with E-state index in [9.17, 15) is 14.4 Å². The molecule has 4 rings (SSSR count). The number of rotatable bonds is 5. The standard InChI is InChI=1S/C25H29N3O3/c1-16(2)17-11-13-19(14-12-17)25(3)23(30)28(24(31)27-25)15-22(29)26-21-10-6-8-18-7-4-5-9-20(18)21/h4-5,7,9,11-14,16,21H,6,8,10,15H2,1-3H3,(H,26,29)(H,27,31)/t21-,25+/m1/s1. The molecule has 1 aliphatic carbocycles. The van der Waals surface area contributed by atoms with Crippen molar-refractivity contribution in [3.05, 3.63) is 70.8 Å². The van der Waals surface area contributed by atoms with E-state index in [2.05, 4.69) is 30.5 Å². The fraction of sp³-hybridized carbons (Fsp3) is 0.400. The summed E-state index contributed by atoms with van der Waals surface area (Å²) in [6, 6.07) is 15.1. The number of benzene rings is 2. The van der Waals surface area contributed by atoms with Gasteiger partial charge in [0.1, 0.15) is 12.1 Å². The first kappa shape index (κ1) is 21.1. The van der Waals surface area contributed by atoms with E-state index in [0.717, 1.165) is 35.3 Å².